The van der Waals surface area contributed by atoms with Crippen molar-refractivity contribution in [3.63, 3.8) is 0 Å². The van der Waals surface area contributed by atoms with Crippen molar-refractivity contribution in [1.29, 1.82) is 0 Å². The molecule has 0 aromatic heterocycles. The summed E-state index contributed by atoms with van der Waals surface area (Å²) in [6, 6.07) is 12.1. The van der Waals surface area contributed by atoms with Gasteiger partial charge in [-0.3, -0.25) is 13.9 Å². The zero-order valence-corrected chi connectivity index (χ0v) is 17.0. The lowest BCUT2D eigenvalue weighted by Crippen LogP contribution is -2.39. The van der Waals surface area contributed by atoms with Gasteiger partial charge in [-0.25, -0.2) is 18.2 Å². The summed E-state index contributed by atoms with van der Waals surface area (Å²) >= 11 is 0. The molecule has 2 rings (SSSR count). The summed E-state index contributed by atoms with van der Waals surface area (Å²) in [4.78, 5) is 23.4. The quantitative estimate of drug-likeness (QED) is 0.528. The Labute approximate surface area is 168 Å². The predicted octanol–water partition coefficient (Wildman–Crippen LogP) is 2.09. The van der Waals surface area contributed by atoms with Gasteiger partial charge in [-0.1, -0.05) is 24.3 Å². The van der Waals surface area contributed by atoms with E-state index in [0.717, 1.165) is 12.3 Å². The maximum Gasteiger partial charge on any atom is 0.260 e. The molecular formula is C19H21FN4O4S. The molecule has 0 spiro atoms. The number of hydrogen-bond acceptors (Lipinski definition) is 5. The number of carbonyl (C=O) groups excluding carboxylic acids is 2. The minimum atomic E-state index is -3.90. The molecule has 2 aromatic carbocycles. The van der Waals surface area contributed by atoms with E-state index in [0.29, 0.717) is 21.3 Å². The Bertz CT molecular complexity index is 1050. The molecule has 2 N–H and O–H groups in total. The minimum Gasteiger partial charge on any atom is -0.326 e. The maximum atomic E-state index is 14.0. The highest BCUT2D eigenvalue weighted by Gasteiger charge is 2.23. The molecule has 0 saturated carbocycles. The van der Waals surface area contributed by atoms with Crippen molar-refractivity contribution in [2.75, 3.05) is 22.4 Å². The Kier molecular flexibility index (Phi) is 7.05. The second kappa shape index (κ2) is 9.28. The van der Waals surface area contributed by atoms with E-state index in [4.69, 9.17) is 0 Å². The highest BCUT2D eigenvalue weighted by atomic mass is 32.2. The summed E-state index contributed by atoms with van der Waals surface area (Å²) in [5.41, 5.74) is 3.68. The van der Waals surface area contributed by atoms with E-state index in [1.54, 1.807) is 31.2 Å². The SMILES string of the molecule is CC(=O)Nc1cccc(/C(C)=N\NC(=O)CN(c2ccccc2F)S(C)(=O)=O)c1. The van der Waals surface area contributed by atoms with Crippen molar-refractivity contribution in [3.8, 4) is 0 Å². The molecule has 0 radical (unpaired) electrons. The summed E-state index contributed by atoms with van der Waals surface area (Å²) in [5.74, 6) is -1.73. The van der Waals surface area contributed by atoms with Crippen LogP contribution in [-0.2, 0) is 19.6 Å². The normalized spacial score (nSPS) is 11.7. The fourth-order valence-electron chi connectivity index (χ4n) is 2.44. The van der Waals surface area contributed by atoms with E-state index in [1.165, 1.54) is 25.1 Å². The molecule has 0 atom stereocenters. The van der Waals surface area contributed by atoms with E-state index >= 15 is 0 Å². The molecule has 0 saturated heterocycles. The maximum absolute atomic E-state index is 14.0. The molecule has 0 aliphatic carbocycles. The lowest BCUT2D eigenvalue weighted by atomic mass is 10.1. The topological polar surface area (TPSA) is 108 Å². The second-order valence-electron chi connectivity index (χ2n) is 6.22. The lowest BCUT2D eigenvalue weighted by molar-refractivity contribution is -0.119. The monoisotopic (exact) mass is 420 g/mol. The molecule has 0 unspecified atom stereocenters. The summed E-state index contributed by atoms with van der Waals surface area (Å²) in [6.07, 6.45) is 0.884. The van der Waals surface area contributed by atoms with Crippen molar-refractivity contribution in [3.05, 3.63) is 59.9 Å². The van der Waals surface area contributed by atoms with E-state index in [1.807, 2.05) is 0 Å². The fraction of sp³-hybridized carbons (Fsp3) is 0.211. The number of benzene rings is 2. The number of hydrazone groups is 1. The number of halogens is 1. The standard InChI is InChI=1S/C19H21FN4O4S/c1-13(15-7-6-8-16(11-15)21-14(2)25)22-23-19(26)12-24(29(3,27)28)18-10-5-4-9-17(18)20/h4-11H,12H2,1-3H3,(H,21,25)(H,23,26)/b22-13-. The Morgan fingerprint density at radius 1 is 1.10 bits per heavy atom. The highest BCUT2D eigenvalue weighted by Crippen LogP contribution is 2.21. The van der Waals surface area contributed by atoms with Gasteiger partial charge in [0.1, 0.15) is 12.4 Å². The Morgan fingerprint density at radius 3 is 2.41 bits per heavy atom. The van der Waals surface area contributed by atoms with Crippen LogP contribution in [0.15, 0.2) is 53.6 Å². The molecule has 0 bridgehead atoms. The van der Waals surface area contributed by atoms with Crippen LogP contribution in [0.5, 0.6) is 0 Å². The molecule has 0 aliphatic rings. The van der Waals surface area contributed by atoms with Gasteiger partial charge in [0, 0.05) is 12.6 Å². The van der Waals surface area contributed by atoms with Crippen LogP contribution in [0.3, 0.4) is 0 Å². The van der Waals surface area contributed by atoms with E-state index in [-0.39, 0.29) is 11.6 Å². The van der Waals surface area contributed by atoms with Crippen LogP contribution in [0.1, 0.15) is 19.4 Å². The van der Waals surface area contributed by atoms with Crippen LogP contribution in [0.2, 0.25) is 0 Å². The van der Waals surface area contributed by atoms with E-state index < -0.39 is 28.3 Å². The van der Waals surface area contributed by atoms with Crippen molar-refractivity contribution in [1.82, 2.24) is 5.43 Å². The molecule has 29 heavy (non-hydrogen) atoms. The van der Waals surface area contributed by atoms with Crippen LogP contribution in [0.4, 0.5) is 15.8 Å². The number of anilines is 2. The first-order chi connectivity index (χ1) is 13.6. The van der Waals surface area contributed by atoms with Crippen LogP contribution in [0, 0.1) is 5.82 Å². The van der Waals surface area contributed by atoms with Crippen molar-refractivity contribution in [2.45, 2.75) is 13.8 Å². The summed E-state index contributed by atoms with van der Waals surface area (Å²) in [6.45, 7) is 2.39. The predicted molar refractivity (Wildman–Crippen MR) is 110 cm³/mol. The number of carbonyl (C=O) groups is 2. The van der Waals surface area contributed by atoms with Crippen molar-refractivity contribution >= 4 is 38.9 Å². The average molecular weight is 420 g/mol. The summed E-state index contributed by atoms with van der Waals surface area (Å²) in [5, 5.41) is 6.60. The molecule has 10 heteroatoms. The molecule has 0 heterocycles. The third-order valence-corrected chi connectivity index (χ3v) is 4.88. The molecule has 2 amide bonds. The molecule has 8 nitrogen and oxygen atoms in total. The summed E-state index contributed by atoms with van der Waals surface area (Å²) < 4.78 is 38.7. The number of rotatable bonds is 7. The molecular weight excluding hydrogens is 399 g/mol. The number of nitrogens with zero attached hydrogens (tertiary/aromatic N) is 2. The number of nitrogens with one attached hydrogen (secondary N) is 2. The fourth-order valence-corrected chi connectivity index (χ4v) is 3.29. The first-order valence-corrected chi connectivity index (χ1v) is 10.4. The van der Waals surface area contributed by atoms with Gasteiger partial charge in [0.2, 0.25) is 15.9 Å². The third kappa shape index (κ3) is 6.39. The molecule has 0 fully saturated rings. The van der Waals surface area contributed by atoms with Gasteiger partial charge in [0.05, 0.1) is 17.7 Å². The number of hydrogen-bond donors (Lipinski definition) is 2. The van der Waals surface area contributed by atoms with Gasteiger partial charge in [0.15, 0.2) is 0 Å². The van der Waals surface area contributed by atoms with Gasteiger partial charge >= 0.3 is 0 Å². The molecule has 2 aromatic rings. The molecule has 154 valence electrons. The highest BCUT2D eigenvalue weighted by molar-refractivity contribution is 7.92. The number of amides is 2. The van der Waals surface area contributed by atoms with Crippen molar-refractivity contribution in [2.24, 2.45) is 5.10 Å². The Hall–Kier alpha value is -3.27. The second-order valence-corrected chi connectivity index (χ2v) is 8.12. The first-order valence-electron chi connectivity index (χ1n) is 8.51. The van der Waals surface area contributed by atoms with Gasteiger partial charge < -0.3 is 5.32 Å². The summed E-state index contributed by atoms with van der Waals surface area (Å²) in [7, 11) is -3.90. The van der Waals surface area contributed by atoms with Gasteiger partial charge in [-0.15, -0.1) is 0 Å². The third-order valence-electron chi connectivity index (χ3n) is 3.76. The van der Waals surface area contributed by atoms with Crippen molar-refractivity contribution < 1.29 is 22.4 Å². The van der Waals surface area contributed by atoms with Gasteiger partial charge in [-0.05, 0) is 36.8 Å². The first kappa shape index (κ1) is 22.0. The zero-order valence-electron chi connectivity index (χ0n) is 16.1. The Balaban J connectivity index is 2.14. The minimum absolute atomic E-state index is 0.223. The molecule has 0 aliphatic heterocycles. The number of para-hydroxylation sites is 1. The average Bonchev–Trinajstić information content (AvgIpc) is 2.63. The van der Waals surface area contributed by atoms with E-state index in [9.17, 15) is 22.4 Å². The Morgan fingerprint density at radius 2 is 1.79 bits per heavy atom. The van der Waals surface area contributed by atoms with Crippen LogP contribution in [0.25, 0.3) is 0 Å². The smallest absolute Gasteiger partial charge is 0.260 e. The van der Waals surface area contributed by atoms with Gasteiger partial charge in [-0.2, -0.15) is 5.10 Å². The number of sulfonamides is 1. The largest absolute Gasteiger partial charge is 0.326 e. The van der Waals surface area contributed by atoms with Crippen LogP contribution >= 0.6 is 0 Å². The lowest BCUT2D eigenvalue weighted by Gasteiger charge is -2.21. The zero-order chi connectivity index (χ0) is 21.6. The van der Waals surface area contributed by atoms with E-state index in [2.05, 4.69) is 15.8 Å². The van der Waals surface area contributed by atoms with Crippen LogP contribution in [-0.4, -0.2) is 38.7 Å². The van der Waals surface area contributed by atoms with Gasteiger partial charge in [0.25, 0.3) is 5.91 Å². The van der Waals surface area contributed by atoms with Crippen LogP contribution < -0.4 is 15.0 Å².